The summed E-state index contributed by atoms with van der Waals surface area (Å²) in [5, 5.41) is 12.5. The van der Waals surface area contributed by atoms with Crippen LogP contribution in [0, 0.1) is 0 Å². The number of rotatable bonds is 4. The summed E-state index contributed by atoms with van der Waals surface area (Å²) in [6, 6.07) is 4.47. The molecule has 2 aromatic rings. The van der Waals surface area contributed by atoms with E-state index < -0.39 is 12.0 Å². The molecule has 0 amide bonds. The molecule has 0 spiro atoms. The van der Waals surface area contributed by atoms with Gasteiger partial charge in [0.15, 0.2) is 10.8 Å². The molecule has 1 atom stereocenters. The average molecular weight is 397 g/mol. The number of amidine groups is 1. The fourth-order valence-corrected chi connectivity index (χ4v) is 3.50. The molecule has 0 fully saturated rings. The summed E-state index contributed by atoms with van der Waals surface area (Å²) in [4.78, 5) is 17.1. The van der Waals surface area contributed by atoms with E-state index in [0.717, 1.165) is 0 Å². The van der Waals surface area contributed by atoms with E-state index in [-0.39, 0.29) is 6.61 Å². The van der Waals surface area contributed by atoms with Crippen molar-refractivity contribution >= 4 is 46.3 Å². The van der Waals surface area contributed by atoms with Crippen LogP contribution in [0.25, 0.3) is 0 Å². The van der Waals surface area contributed by atoms with Gasteiger partial charge in [0.05, 0.1) is 12.2 Å². The molecular formula is C16H14Cl2N4O2S. The maximum absolute atomic E-state index is 12.5. The number of carbonyl (C=O) groups excluding carboxylic acids is 1. The van der Waals surface area contributed by atoms with Gasteiger partial charge in [0, 0.05) is 21.3 Å². The Bertz CT molecular complexity index is 865. The lowest BCUT2D eigenvalue weighted by atomic mass is 9.96. The molecule has 1 unspecified atom stereocenters. The van der Waals surface area contributed by atoms with Crippen molar-refractivity contribution in [3.05, 3.63) is 55.6 Å². The highest BCUT2D eigenvalue weighted by Gasteiger charge is 2.32. The van der Waals surface area contributed by atoms with E-state index in [9.17, 15) is 4.79 Å². The third-order valence-electron chi connectivity index (χ3n) is 3.56. The lowest BCUT2D eigenvalue weighted by Gasteiger charge is -2.25. The maximum Gasteiger partial charge on any atom is 0.338 e. The van der Waals surface area contributed by atoms with E-state index in [2.05, 4.69) is 20.5 Å². The standard InChI is InChI=1S/C16H14Cl2N4O2S/c1-3-24-16(23)12-8(2)20-14(15-22-19-7-25-15)21-13(12)10-5-4-9(17)6-11(10)18/h4-7,13H,3H2,1-2H3,(H,20,21). The number of carbonyl (C=O) groups is 1. The largest absolute Gasteiger partial charge is 0.463 e. The van der Waals surface area contributed by atoms with Gasteiger partial charge in [-0.3, -0.25) is 4.99 Å². The smallest absolute Gasteiger partial charge is 0.338 e. The van der Waals surface area contributed by atoms with Crippen LogP contribution in [-0.4, -0.2) is 28.6 Å². The van der Waals surface area contributed by atoms with E-state index in [1.54, 1.807) is 37.6 Å². The van der Waals surface area contributed by atoms with E-state index in [1.165, 1.54) is 11.3 Å². The molecule has 9 heteroatoms. The van der Waals surface area contributed by atoms with Crippen LogP contribution >= 0.6 is 34.5 Å². The van der Waals surface area contributed by atoms with Gasteiger partial charge in [-0.15, -0.1) is 10.2 Å². The van der Waals surface area contributed by atoms with Crippen molar-refractivity contribution < 1.29 is 9.53 Å². The van der Waals surface area contributed by atoms with Crippen LogP contribution in [0.1, 0.15) is 30.5 Å². The molecule has 0 bridgehead atoms. The van der Waals surface area contributed by atoms with Gasteiger partial charge in [-0.2, -0.15) is 0 Å². The van der Waals surface area contributed by atoms with Crippen LogP contribution in [0.5, 0.6) is 0 Å². The molecule has 2 heterocycles. The molecule has 1 aliphatic heterocycles. The molecular weight excluding hydrogens is 383 g/mol. The Balaban J connectivity index is 2.11. The van der Waals surface area contributed by atoms with Crippen molar-refractivity contribution in [2.45, 2.75) is 19.9 Å². The first-order chi connectivity index (χ1) is 12.0. The van der Waals surface area contributed by atoms with Crippen LogP contribution in [0.15, 0.2) is 40.0 Å². The summed E-state index contributed by atoms with van der Waals surface area (Å²) in [5.74, 6) is 0.0904. The number of benzene rings is 1. The van der Waals surface area contributed by atoms with Gasteiger partial charge in [-0.25, -0.2) is 4.79 Å². The van der Waals surface area contributed by atoms with Crippen LogP contribution in [-0.2, 0) is 9.53 Å². The summed E-state index contributed by atoms with van der Waals surface area (Å²) in [6.45, 7) is 3.81. The SMILES string of the molecule is CCOC(=O)C1=C(C)NC(c2nncs2)=NC1c1ccc(Cl)cc1Cl. The van der Waals surface area contributed by atoms with Gasteiger partial charge in [0.1, 0.15) is 11.6 Å². The lowest BCUT2D eigenvalue weighted by Crippen LogP contribution is -2.32. The number of nitrogens with one attached hydrogen (secondary N) is 1. The van der Waals surface area contributed by atoms with Crippen molar-refractivity contribution in [2.24, 2.45) is 4.99 Å². The average Bonchev–Trinajstić information content (AvgIpc) is 3.08. The predicted octanol–water partition coefficient (Wildman–Crippen LogP) is 3.77. The molecule has 1 aromatic heterocycles. The lowest BCUT2D eigenvalue weighted by molar-refractivity contribution is -0.138. The number of halogens is 2. The molecule has 130 valence electrons. The van der Waals surface area contributed by atoms with E-state index in [0.29, 0.717) is 37.7 Å². The number of nitrogens with zero attached hydrogens (tertiary/aromatic N) is 3. The number of allylic oxidation sites excluding steroid dienone is 1. The molecule has 0 aliphatic carbocycles. The summed E-state index contributed by atoms with van der Waals surface area (Å²) in [6.07, 6.45) is 0. The van der Waals surface area contributed by atoms with Gasteiger partial charge in [-0.1, -0.05) is 40.6 Å². The minimum atomic E-state index is -0.621. The fraction of sp³-hybridized carbons (Fsp3) is 0.250. The fourth-order valence-electron chi connectivity index (χ4n) is 2.48. The minimum absolute atomic E-state index is 0.268. The van der Waals surface area contributed by atoms with Gasteiger partial charge < -0.3 is 10.1 Å². The van der Waals surface area contributed by atoms with Crippen LogP contribution in [0.2, 0.25) is 10.0 Å². The summed E-state index contributed by atoms with van der Waals surface area (Å²) in [5.41, 5.74) is 3.31. The number of hydrogen-bond donors (Lipinski definition) is 1. The highest BCUT2D eigenvalue weighted by Crippen LogP contribution is 2.37. The van der Waals surface area contributed by atoms with Crippen molar-refractivity contribution in [3.63, 3.8) is 0 Å². The number of aliphatic imine (C=N–C) groups is 1. The number of hydrogen-bond acceptors (Lipinski definition) is 7. The van der Waals surface area contributed by atoms with Gasteiger partial charge in [0.25, 0.3) is 0 Å². The summed E-state index contributed by atoms with van der Waals surface area (Å²) >= 11 is 13.7. The van der Waals surface area contributed by atoms with Crippen molar-refractivity contribution in [1.29, 1.82) is 0 Å². The minimum Gasteiger partial charge on any atom is -0.463 e. The van der Waals surface area contributed by atoms with Crippen molar-refractivity contribution in [3.8, 4) is 0 Å². The third kappa shape index (κ3) is 3.68. The Morgan fingerprint density at radius 3 is 2.84 bits per heavy atom. The Kier molecular flexibility index (Phi) is 5.36. The topological polar surface area (TPSA) is 76.5 Å². The normalized spacial score (nSPS) is 17.1. The Labute approximate surface area is 158 Å². The Morgan fingerprint density at radius 1 is 1.40 bits per heavy atom. The second kappa shape index (κ2) is 7.51. The number of esters is 1. The van der Waals surface area contributed by atoms with Gasteiger partial charge in [0.2, 0.25) is 0 Å². The van der Waals surface area contributed by atoms with E-state index in [4.69, 9.17) is 27.9 Å². The molecule has 0 saturated heterocycles. The zero-order valence-electron chi connectivity index (χ0n) is 13.4. The van der Waals surface area contributed by atoms with Crippen molar-refractivity contribution in [2.75, 3.05) is 6.61 Å². The summed E-state index contributed by atoms with van der Waals surface area (Å²) in [7, 11) is 0. The predicted molar refractivity (Wildman–Crippen MR) is 98.1 cm³/mol. The number of ether oxygens (including phenoxy) is 1. The first-order valence-corrected chi connectivity index (χ1v) is 9.09. The monoisotopic (exact) mass is 396 g/mol. The quantitative estimate of drug-likeness (QED) is 0.795. The molecule has 3 rings (SSSR count). The highest BCUT2D eigenvalue weighted by molar-refractivity contribution is 7.11. The second-order valence-corrected chi connectivity index (χ2v) is 6.85. The second-order valence-electron chi connectivity index (χ2n) is 5.17. The zero-order chi connectivity index (χ0) is 18.0. The highest BCUT2D eigenvalue weighted by atomic mass is 35.5. The van der Waals surface area contributed by atoms with Gasteiger partial charge in [-0.05, 0) is 26.0 Å². The van der Waals surface area contributed by atoms with Crippen LogP contribution in [0.3, 0.4) is 0 Å². The number of aromatic nitrogens is 2. The van der Waals surface area contributed by atoms with Crippen LogP contribution in [0.4, 0.5) is 0 Å². The van der Waals surface area contributed by atoms with E-state index in [1.807, 2.05) is 0 Å². The molecule has 25 heavy (non-hydrogen) atoms. The molecule has 1 N–H and O–H groups in total. The Hall–Kier alpha value is -1.96. The molecule has 1 aromatic carbocycles. The molecule has 0 radical (unpaired) electrons. The first kappa shape index (κ1) is 17.8. The first-order valence-electron chi connectivity index (χ1n) is 7.45. The Morgan fingerprint density at radius 2 is 2.20 bits per heavy atom. The molecule has 1 aliphatic rings. The maximum atomic E-state index is 12.5. The van der Waals surface area contributed by atoms with Gasteiger partial charge >= 0.3 is 5.97 Å². The zero-order valence-corrected chi connectivity index (χ0v) is 15.7. The van der Waals surface area contributed by atoms with E-state index >= 15 is 0 Å². The summed E-state index contributed by atoms with van der Waals surface area (Å²) < 4.78 is 5.19. The molecule has 0 saturated carbocycles. The van der Waals surface area contributed by atoms with Crippen molar-refractivity contribution in [1.82, 2.24) is 15.5 Å². The molecule has 6 nitrogen and oxygen atoms in total. The van der Waals surface area contributed by atoms with Crippen LogP contribution < -0.4 is 5.32 Å². The third-order valence-corrected chi connectivity index (χ3v) is 4.82.